The highest BCUT2D eigenvalue weighted by atomic mass is 35.5. The summed E-state index contributed by atoms with van der Waals surface area (Å²) in [5.41, 5.74) is 6.17. The summed E-state index contributed by atoms with van der Waals surface area (Å²) in [7, 11) is -2.37. The molecule has 2 aromatic rings. The fourth-order valence-electron chi connectivity index (χ4n) is 2.97. The van der Waals surface area contributed by atoms with Gasteiger partial charge in [0.25, 0.3) is 5.91 Å². The lowest BCUT2D eigenvalue weighted by Gasteiger charge is -2.26. The van der Waals surface area contributed by atoms with Crippen LogP contribution in [0.15, 0.2) is 41.3 Å². The molecule has 10 nitrogen and oxygen atoms in total. The molecule has 12 heteroatoms. The molecule has 2 aromatic carbocycles. The molecule has 0 aliphatic carbocycles. The van der Waals surface area contributed by atoms with Gasteiger partial charge in [0.2, 0.25) is 10.0 Å². The number of nitrogens with one attached hydrogen (secondary N) is 1. The molecule has 1 amide bonds. The number of nitrogens with two attached hydrogens (primary N) is 1. The molecular weight excluding hydrogens is 462 g/mol. The van der Waals surface area contributed by atoms with Crippen LogP contribution in [0.4, 0.5) is 11.4 Å². The van der Waals surface area contributed by atoms with Crippen LogP contribution in [0.1, 0.15) is 10.4 Å². The van der Waals surface area contributed by atoms with E-state index in [0.29, 0.717) is 13.2 Å². The summed E-state index contributed by atoms with van der Waals surface area (Å²) in [4.78, 5) is 24.6. The summed E-state index contributed by atoms with van der Waals surface area (Å²) in [6.45, 7) is 0.557. The number of anilines is 2. The van der Waals surface area contributed by atoms with Crippen molar-refractivity contribution in [2.45, 2.75) is 4.90 Å². The molecule has 0 spiro atoms. The predicted octanol–water partition coefficient (Wildman–Crippen LogP) is 1.75. The molecule has 172 valence electrons. The number of hydrogen-bond donors (Lipinski definition) is 2. The van der Waals surface area contributed by atoms with Crippen molar-refractivity contribution in [2.75, 3.05) is 51.1 Å². The van der Waals surface area contributed by atoms with Crippen LogP contribution >= 0.6 is 11.6 Å². The smallest absolute Gasteiger partial charge is 0.342 e. The minimum Gasteiger partial charge on any atom is -0.496 e. The second-order valence-corrected chi connectivity index (χ2v) is 9.09. The minimum absolute atomic E-state index is 0.0121. The number of nitrogens with zero attached hydrogens (tertiary/aromatic N) is 1. The molecule has 1 aliphatic heterocycles. The van der Waals surface area contributed by atoms with Crippen LogP contribution in [-0.2, 0) is 24.3 Å². The van der Waals surface area contributed by atoms with Gasteiger partial charge in [-0.15, -0.1) is 0 Å². The Morgan fingerprint density at radius 1 is 1.22 bits per heavy atom. The number of methoxy groups -OCH3 is 1. The van der Waals surface area contributed by atoms with Gasteiger partial charge in [0.1, 0.15) is 11.3 Å². The molecule has 0 unspecified atom stereocenters. The van der Waals surface area contributed by atoms with E-state index in [4.69, 9.17) is 31.5 Å². The first-order valence-electron chi connectivity index (χ1n) is 9.50. The molecule has 1 saturated heterocycles. The maximum Gasteiger partial charge on any atom is 0.342 e. The average Bonchev–Trinajstić information content (AvgIpc) is 2.79. The van der Waals surface area contributed by atoms with Gasteiger partial charge < -0.3 is 25.3 Å². The molecule has 3 N–H and O–H groups in total. The number of amides is 1. The van der Waals surface area contributed by atoms with Crippen LogP contribution in [0.5, 0.6) is 5.75 Å². The van der Waals surface area contributed by atoms with E-state index in [1.807, 2.05) is 0 Å². The van der Waals surface area contributed by atoms with E-state index in [-0.39, 0.29) is 45.7 Å². The minimum atomic E-state index is -3.72. The second-order valence-electron chi connectivity index (χ2n) is 6.74. The van der Waals surface area contributed by atoms with Gasteiger partial charge in [-0.05, 0) is 24.3 Å². The number of benzene rings is 2. The Morgan fingerprint density at radius 2 is 1.94 bits per heavy atom. The first-order chi connectivity index (χ1) is 15.2. The standard InChI is InChI=1S/C20H22ClN3O7S/c1-29-18-11-17(22)16(21)10-15(18)20(26)31-12-19(25)23-13-3-2-4-14(9-13)32(27,28)24-5-7-30-8-6-24/h2-4,9-11H,5-8,12,22H2,1H3,(H,23,25). The fraction of sp³-hybridized carbons (Fsp3) is 0.300. The molecule has 0 bridgehead atoms. The van der Waals surface area contributed by atoms with Crippen molar-refractivity contribution in [3.63, 3.8) is 0 Å². The number of hydrogen-bond acceptors (Lipinski definition) is 8. The Bertz CT molecular complexity index is 1120. The van der Waals surface area contributed by atoms with Gasteiger partial charge in [-0.3, -0.25) is 4.79 Å². The summed E-state index contributed by atoms with van der Waals surface area (Å²) in [5.74, 6) is -1.33. The van der Waals surface area contributed by atoms with Crippen LogP contribution in [0.2, 0.25) is 5.02 Å². The lowest BCUT2D eigenvalue weighted by Crippen LogP contribution is -2.40. The number of sulfonamides is 1. The van der Waals surface area contributed by atoms with Gasteiger partial charge in [0, 0.05) is 24.8 Å². The summed E-state index contributed by atoms with van der Waals surface area (Å²) in [6, 6.07) is 8.48. The van der Waals surface area contributed by atoms with E-state index in [0.717, 1.165) is 0 Å². The summed E-state index contributed by atoms with van der Waals surface area (Å²) in [6.07, 6.45) is 0. The quantitative estimate of drug-likeness (QED) is 0.448. The highest BCUT2D eigenvalue weighted by molar-refractivity contribution is 7.89. The number of halogens is 1. The Balaban J connectivity index is 1.64. The molecular formula is C20H22ClN3O7S. The molecule has 1 aliphatic rings. The van der Waals surface area contributed by atoms with Crippen molar-refractivity contribution < 1.29 is 32.2 Å². The fourth-order valence-corrected chi connectivity index (χ4v) is 4.59. The summed E-state index contributed by atoms with van der Waals surface area (Å²) >= 11 is 5.94. The number of morpholine rings is 1. The molecule has 3 rings (SSSR count). The van der Waals surface area contributed by atoms with Gasteiger partial charge in [-0.2, -0.15) is 4.31 Å². The van der Waals surface area contributed by atoms with Crippen molar-refractivity contribution in [3.8, 4) is 5.75 Å². The molecule has 32 heavy (non-hydrogen) atoms. The number of rotatable bonds is 7. The molecule has 1 heterocycles. The van der Waals surface area contributed by atoms with Gasteiger partial charge in [-0.25, -0.2) is 13.2 Å². The van der Waals surface area contributed by atoms with Crippen LogP contribution in [0, 0.1) is 0 Å². The number of carbonyl (C=O) groups is 2. The Hall–Kier alpha value is -2.86. The predicted molar refractivity (Wildman–Crippen MR) is 117 cm³/mol. The zero-order chi connectivity index (χ0) is 23.3. The van der Waals surface area contributed by atoms with Crippen LogP contribution in [-0.4, -0.2) is 64.6 Å². The second kappa shape index (κ2) is 10.2. The molecule has 0 aromatic heterocycles. The van der Waals surface area contributed by atoms with Crippen LogP contribution < -0.4 is 15.8 Å². The van der Waals surface area contributed by atoms with E-state index in [1.165, 1.54) is 47.8 Å². The SMILES string of the molecule is COc1cc(N)c(Cl)cc1C(=O)OCC(=O)Nc1cccc(S(=O)(=O)N2CCOCC2)c1. The highest BCUT2D eigenvalue weighted by Gasteiger charge is 2.26. The van der Waals surface area contributed by atoms with Gasteiger partial charge in [0.15, 0.2) is 6.61 Å². The lowest BCUT2D eigenvalue weighted by atomic mass is 10.2. The van der Waals surface area contributed by atoms with Crippen molar-refractivity contribution in [3.05, 3.63) is 47.0 Å². The monoisotopic (exact) mass is 483 g/mol. The average molecular weight is 484 g/mol. The van der Waals surface area contributed by atoms with Crippen molar-refractivity contribution in [1.82, 2.24) is 4.31 Å². The van der Waals surface area contributed by atoms with Gasteiger partial charge >= 0.3 is 5.97 Å². The third-order valence-corrected chi connectivity index (χ3v) is 6.82. The number of ether oxygens (including phenoxy) is 3. The Kier molecular flexibility index (Phi) is 7.56. The van der Waals surface area contributed by atoms with Gasteiger partial charge in [0.05, 0.1) is 35.9 Å². The van der Waals surface area contributed by atoms with Crippen molar-refractivity contribution >= 4 is 44.9 Å². The number of nitrogen functional groups attached to an aromatic ring is 1. The van der Waals surface area contributed by atoms with E-state index in [2.05, 4.69) is 5.32 Å². The first kappa shape index (κ1) is 23.8. The topological polar surface area (TPSA) is 137 Å². The first-order valence-corrected chi connectivity index (χ1v) is 11.3. The Morgan fingerprint density at radius 3 is 2.62 bits per heavy atom. The van der Waals surface area contributed by atoms with Crippen molar-refractivity contribution in [1.29, 1.82) is 0 Å². The third-order valence-electron chi connectivity index (χ3n) is 4.60. The molecule has 1 fully saturated rings. The molecule has 0 saturated carbocycles. The highest BCUT2D eigenvalue weighted by Crippen LogP contribution is 2.29. The maximum atomic E-state index is 12.8. The Labute approximate surface area is 190 Å². The number of esters is 1. The normalized spacial score (nSPS) is 14.6. The lowest BCUT2D eigenvalue weighted by molar-refractivity contribution is -0.119. The summed E-state index contributed by atoms with van der Waals surface area (Å²) in [5, 5.41) is 2.65. The van der Waals surface area contributed by atoms with Crippen molar-refractivity contribution in [2.24, 2.45) is 0 Å². The molecule has 0 radical (unpaired) electrons. The maximum absolute atomic E-state index is 12.8. The van der Waals surface area contributed by atoms with E-state index in [9.17, 15) is 18.0 Å². The van der Waals surface area contributed by atoms with E-state index < -0.39 is 28.5 Å². The largest absolute Gasteiger partial charge is 0.496 e. The summed E-state index contributed by atoms with van der Waals surface area (Å²) < 4.78 is 42.2. The van der Waals surface area contributed by atoms with Crippen LogP contribution in [0.3, 0.4) is 0 Å². The molecule has 0 atom stereocenters. The zero-order valence-corrected chi connectivity index (χ0v) is 18.7. The zero-order valence-electron chi connectivity index (χ0n) is 17.2. The third kappa shape index (κ3) is 5.49. The number of carbonyl (C=O) groups excluding carboxylic acids is 2. The van der Waals surface area contributed by atoms with E-state index in [1.54, 1.807) is 0 Å². The van der Waals surface area contributed by atoms with Crippen LogP contribution in [0.25, 0.3) is 0 Å². The van der Waals surface area contributed by atoms with E-state index >= 15 is 0 Å². The van der Waals surface area contributed by atoms with Gasteiger partial charge in [-0.1, -0.05) is 17.7 Å².